The highest BCUT2D eigenvalue weighted by Crippen LogP contribution is 2.46. The highest BCUT2D eigenvalue weighted by molar-refractivity contribution is 6.05. The van der Waals surface area contributed by atoms with E-state index in [1.807, 2.05) is 0 Å². The Kier molecular flexibility index (Phi) is 1.76. The number of halogens is 3. The van der Waals surface area contributed by atoms with Crippen molar-refractivity contribution in [2.24, 2.45) is 0 Å². The minimum Gasteiger partial charge on any atom is -0.309 e. The van der Waals surface area contributed by atoms with E-state index in [4.69, 9.17) is 0 Å². The van der Waals surface area contributed by atoms with E-state index in [-0.39, 0.29) is 11.4 Å². The molecule has 15 heavy (non-hydrogen) atoms. The summed E-state index contributed by atoms with van der Waals surface area (Å²) >= 11 is 0. The van der Waals surface area contributed by atoms with Crippen LogP contribution in [0.2, 0.25) is 0 Å². The number of anilines is 1. The third kappa shape index (κ3) is 1.12. The second kappa shape index (κ2) is 2.68. The first-order valence-corrected chi connectivity index (χ1v) is 4.06. The molecular weight excluding hydrogens is 211 g/mol. The van der Waals surface area contributed by atoms with E-state index in [9.17, 15) is 18.0 Å². The van der Waals surface area contributed by atoms with Crippen LogP contribution in [0.4, 0.5) is 19.0 Å². The summed E-state index contributed by atoms with van der Waals surface area (Å²) in [4.78, 5) is 18.4. The van der Waals surface area contributed by atoms with E-state index in [0.717, 1.165) is 19.4 Å². The number of hydrogen-bond donors (Lipinski definition) is 1. The molecule has 1 aromatic rings. The third-order valence-corrected chi connectivity index (χ3v) is 2.50. The number of alkyl halides is 3. The third-order valence-electron chi connectivity index (χ3n) is 2.50. The smallest absolute Gasteiger partial charge is 0.309 e. The molecule has 1 N–H and O–H groups in total. The van der Waals surface area contributed by atoms with E-state index >= 15 is 0 Å². The van der Waals surface area contributed by atoms with Crippen LogP contribution in [0.5, 0.6) is 0 Å². The molecule has 0 fully saturated rings. The number of aromatic nitrogens is 2. The van der Waals surface area contributed by atoms with Crippen LogP contribution in [0.15, 0.2) is 12.5 Å². The van der Waals surface area contributed by atoms with Crippen molar-refractivity contribution in [3.05, 3.63) is 18.1 Å². The molecule has 0 bridgehead atoms. The number of carbonyl (C=O) groups excluding carboxylic acids is 1. The Labute approximate surface area is 82.5 Å². The lowest BCUT2D eigenvalue weighted by molar-refractivity contribution is -0.186. The lowest BCUT2D eigenvalue weighted by Gasteiger charge is -2.24. The first kappa shape index (κ1) is 9.88. The highest BCUT2D eigenvalue weighted by atomic mass is 19.4. The van der Waals surface area contributed by atoms with Gasteiger partial charge in [-0.15, -0.1) is 0 Å². The lowest BCUT2D eigenvalue weighted by atomic mass is 9.85. The number of amides is 1. The van der Waals surface area contributed by atoms with Gasteiger partial charge < -0.3 is 5.32 Å². The van der Waals surface area contributed by atoms with E-state index in [2.05, 4.69) is 15.3 Å². The number of carbonyl (C=O) groups is 1. The molecule has 0 spiro atoms. The van der Waals surface area contributed by atoms with Gasteiger partial charge >= 0.3 is 6.18 Å². The fourth-order valence-corrected chi connectivity index (χ4v) is 1.43. The molecule has 0 saturated carbocycles. The van der Waals surface area contributed by atoms with Crippen LogP contribution in [0.25, 0.3) is 0 Å². The van der Waals surface area contributed by atoms with E-state index in [0.29, 0.717) is 0 Å². The van der Waals surface area contributed by atoms with Gasteiger partial charge in [0.2, 0.25) is 5.91 Å². The van der Waals surface area contributed by atoms with Crippen LogP contribution < -0.4 is 5.32 Å². The summed E-state index contributed by atoms with van der Waals surface area (Å²) in [5.74, 6) is -1.19. The summed E-state index contributed by atoms with van der Waals surface area (Å²) in [7, 11) is 0. The molecule has 7 heteroatoms. The number of hydrogen-bond acceptors (Lipinski definition) is 3. The molecule has 1 amide bonds. The Hall–Kier alpha value is -1.66. The molecule has 2 heterocycles. The summed E-state index contributed by atoms with van der Waals surface area (Å²) in [6.45, 7) is 0.817. The minimum absolute atomic E-state index is 0.0742. The van der Waals surface area contributed by atoms with Gasteiger partial charge in [0.25, 0.3) is 0 Å². The number of nitrogens with zero attached hydrogens (tertiary/aromatic N) is 2. The van der Waals surface area contributed by atoms with Gasteiger partial charge in [0.1, 0.15) is 12.1 Å². The monoisotopic (exact) mass is 217 g/mol. The first-order chi connectivity index (χ1) is 6.87. The quantitative estimate of drug-likeness (QED) is 0.711. The average Bonchev–Trinajstić information content (AvgIpc) is 2.40. The summed E-state index contributed by atoms with van der Waals surface area (Å²) in [5, 5.41) is 2.08. The SMILES string of the molecule is CC1(C(F)(F)F)C(=O)Nc2ncncc21. The van der Waals surface area contributed by atoms with Crippen LogP contribution in [0, 0.1) is 0 Å². The van der Waals surface area contributed by atoms with Crippen LogP contribution in [-0.2, 0) is 10.2 Å². The van der Waals surface area contributed by atoms with Crippen LogP contribution >= 0.6 is 0 Å². The Morgan fingerprint density at radius 2 is 2.13 bits per heavy atom. The molecule has 1 atom stereocenters. The van der Waals surface area contributed by atoms with E-state index in [1.165, 1.54) is 0 Å². The number of rotatable bonds is 0. The molecule has 4 nitrogen and oxygen atoms in total. The van der Waals surface area contributed by atoms with Gasteiger partial charge in [0, 0.05) is 11.8 Å². The second-order valence-electron chi connectivity index (χ2n) is 3.36. The maximum atomic E-state index is 12.8. The zero-order valence-corrected chi connectivity index (χ0v) is 7.59. The second-order valence-corrected chi connectivity index (χ2v) is 3.36. The summed E-state index contributed by atoms with van der Waals surface area (Å²) in [5.41, 5.74) is -2.79. The lowest BCUT2D eigenvalue weighted by Crippen LogP contribution is -2.45. The Bertz CT molecular complexity index is 431. The fourth-order valence-electron chi connectivity index (χ4n) is 1.43. The standard InChI is InChI=1S/C8H6F3N3O/c1-7(8(9,10)11)4-2-12-3-13-5(4)14-6(7)15/h2-3H,1H3,(H,12,13,14,15). The van der Waals surface area contributed by atoms with Crippen LogP contribution in [0.1, 0.15) is 12.5 Å². The normalized spacial score (nSPS) is 24.9. The fraction of sp³-hybridized carbons (Fsp3) is 0.375. The molecular formula is C8H6F3N3O. The van der Waals surface area contributed by atoms with Gasteiger partial charge in [0.15, 0.2) is 5.41 Å². The maximum Gasteiger partial charge on any atom is 0.407 e. The van der Waals surface area contributed by atoms with Gasteiger partial charge in [-0.1, -0.05) is 0 Å². The summed E-state index contributed by atoms with van der Waals surface area (Å²) < 4.78 is 38.3. The van der Waals surface area contributed by atoms with Crippen LogP contribution in [-0.4, -0.2) is 22.1 Å². The topological polar surface area (TPSA) is 54.9 Å². The number of nitrogens with one attached hydrogen (secondary N) is 1. The van der Waals surface area contributed by atoms with Crippen LogP contribution in [0.3, 0.4) is 0 Å². The zero-order valence-electron chi connectivity index (χ0n) is 7.59. The molecule has 2 rings (SSSR count). The van der Waals surface area contributed by atoms with Crippen molar-refractivity contribution in [3.63, 3.8) is 0 Å². The molecule has 0 aliphatic carbocycles. The van der Waals surface area contributed by atoms with Gasteiger partial charge in [-0.25, -0.2) is 9.97 Å². The van der Waals surface area contributed by atoms with Gasteiger partial charge in [0.05, 0.1) is 0 Å². The molecule has 1 aromatic heterocycles. The van der Waals surface area contributed by atoms with Crippen molar-refractivity contribution in [1.82, 2.24) is 9.97 Å². The molecule has 1 aliphatic heterocycles. The van der Waals surface area contributed by atoms with E-state index in [1.54, 1.807) is 0 Å². The van der Waals surface area contributed by atoms with Gasteiger partial charge in [-0.2, -0.15) is 13.2 Å². The molecule has 1 unspecified atom stereocenters. The van der Waals surface area contributed by atoms with E-state index < -0.39 is 17.5 Å². The number of fused-ring (bicyclic) bond motifs is 1. The van der Waals surface area contributed by atoms with Gasteiger partial charge in [-0.05, 0) is 6.92 Å². The minimum atomic E-state index is -4.66. The zero-order chi connectivity index (χ0) is 11.3. The molecule has 0 saturated heterocycles. The first-order valence-electron chi connectivity index (χ1n) is 4.06. The van der Waals surface area contributed by atoms with Crippen molar-refractivity contribution in [3.8, 4) is 0 Å². The van der Waals surface area contributed by atoms with Gasteiger partial charge in [-0.3, -0.25) is 4.79 Å². The predicted molar refractivity (Wildman–Crippen MR) is 44.1 cm³/mol. The Morgan fingerprint density at radius 3 is 2.73 bits per heavy atom. The highest BCUT2D eigenvalue weighted by Gasteiger charge is 2.62. The molecule has 1 aliphatic rings. The van der Waals surface area contributed by atoms with Crippen molar-refractivity contribution in [2.75, 3.05) is 5.32 Å². The molecule has 0 radical (unpaired) electrons. The Balaban J connectivity index is 2.65. The van der Waals surface area contributed by atoms with Crippen molar-refractivity contribution in [1.29, 1.82) is 0 Å². The van der Waals surface area contributed by atoms with Crippen molar-refractivity contribution < 1.29 is 18.0 Å². The summed E-state index contributed by atoms with van der Waals surface area (Å²) in [6.07, 6.45) is -2.57. The predicted octanol–water partition coefficient (Wildman–Crippen LogP) is 1.25. The molecule has 80 valence electrons. The maximum absolute atomic E-state index is 12.8. The van der Waals surface area contributed by atoms with Crippen molar-refractivity contribution in [2.45, 2.75) is 18.5 Å². The molecule has 0 aromatic carbocycles. The Morgan fingerprint density at radius 1 is 1.47 bits per heavy atom. The summed E-state index contributed by atoms with van der Waals surface area (Å²) in [6, 6.07) is 0. The van der Waals surface area contributed by atoms with Crippen molar-refractivity contribution >= 4 is 11.7 Å². The largest absolute Gasteiger partial charge is 0.407 e. The average molecular weight is 217 g/mol.